The Bertz CT molecular complexity index is 313. The molecule has 3 nitrogen and oxygen atoms in total. The fourth-order valence-corrected chi connectivity index (χ4v) is 1.97. The Morgan fingerprint density at radius 2 is 2.36 bits per heavy atom. The van der Waals surface area contributed by atoms with E-state index in [1.807, 2.05) is 0 Å². The second kappa shape index (κ2) is 5.74. The Morgan fingerprint density at radius 3 is 2.93 bits per heavy atom. The third kappa shape index (κ3) is 2.53. The van der Waals surface area contributed by atoms with Crippen LogP contribution in [0.3, 0.4) is 0 Å². The van der Waals surface area contributed by atoms with Gasteiger partial charge >= 0.3 is 0 Å². The number of aromatic nitrogens is 2. The molecular formula is C10H15N3S. The molecule has 1 unspecified atom stereocenters. The van der Waals surface area contributed by atoms with Gasteiger partial charge in [0.15, 0.2) is 0 Å². The van der Waals surface area contributed by atoms with Crippen LogP contribution < -0.4 is 5.32 Å². The first-order valence-corrected chi connectivity index (χ1v) is 5.61. The quantitative estimate of drug-likeness (QED) is 0.751. The van der Waals surface area contributed by atoms with Crippen LogP contribution in [0.5, 0.6) is 0 Å². The molecule has 0 aliphatic rings. The Balaban J connectivity index is 2.74. The molecule has 0 radical (unpaired) electrons. The molecule has 0 spiro atoms. The molecule has 0 aromatic carbocycles. The number of hydrogen-bond donors (Lipinski definition) is 1. The molecule has 0 aliphatic carbocycles. The molecule has 76 valence electrons. The predicted octanol–water partition coefficient (Wildman–Crippen LogP) is 1.77. The molecule has 0 saturated heterocycles. The zero-order valence-corrected chi connectivity index (χ0v) is 9.40. The lowest BCUT2D eigenvalue weighted by atomic mass is 10.2. The molecule has 1 heterocycles. The molecule has 1 rings (SSSR count). The third-order valence-electron chi connectivity index (χ3n) is 1.95. The van der Waals surface area contributed by atoms with Crippen LogP contribution in [-0.4, -0.2) is 16.1 Å². The predicted molar refractivity (Wildman–Crippen MR) is 59.2 cm³/mol. The van der Waals surface area contributed by atoms with E-state index in [1.54, 1.807) is 0 Å². The van der Waals surface area contributed by atoms with E-state index in [2.05, 4.69) is 34.7 Å². The van der Waals surface area contributed by atoms with Crippen molar-refractivity contribution in [3.05, 3.63) is 10.6 Å². The van der Waals surface area contributed by atoms with Crippen molar-refractivity contribution in [1.82, 2.24) is 14.9 Å². The van der Waals surface area contributed by atoms with Crippen LogP contribution in [0.1, 0.15) is 36.9 Å². The zero-order chi connectivity index (χ0) is 10.4. The van der Waals surface area contributed by atoms with Gasteiger partial charge < -0.3 is 0 Å². The van der Waals surface area contributed by atoms with Crippen molar-refractivity contribution in [2.75, 3.05) is 6.54 Å². The summed E-state index contributed by atoms with van der Waals surface area (Å²) in [5, 5.41) is 7.34. The summed E-state index contributed by atoms with van der Waals surface area (Å²) in [6.07, 6.45) is 7.43. The van der Waals surface area contributed by atoms with Crippen molar-refractivity contribution in [3.8, 4) is 12.3 Å². The highest BCUT2D eigenvalue weighted by Gasteiger charge is 2.14. The third-order valence-corrected chi connectivity index (χ3v) is 2.78. The molecule has 1 aromatic rings. The first-order valence-electron chi connectivity index (χ1n) is 4.84. The van der Waals surface area contributed by atoms with Crippen LogP contribution in [0.2, 0.25) is 0 Å². The van der Waals surface area contributed by atoms with Crippen LogP contribution in [0, 0.1) is 12.3 Å². The van der Waals surface area contributed by atoms with Crippen molar-refractivity contribution >= 4 is 11.5 Å². The average molecular weight is 209 g/mol. The number of terminal acetylenes is 1. The highest BCUT2D eigenvalue weighted by Crippen LogP contribution is 2.19. The van der Waals surface area contributed by atoms with E-state index in [0.29, 0.717) is 0 Å². The Kier molecular flexibility index (Phi) is 4.57. The molecule has 0 amide bonds. The van der Waals surface area contributed by atoms with Crippen LogP contribution in [-0.2, 0) is 6.42 Å². The summed E-state index contributed by atoms with van der Waals surface area (Å²) in [6.45, 7) is 5.11. The van der Waals surface area contributed by atoms with Gasteiger partial charge in [-0.1, -0.05) is 24.3 Å². The zero-order valence-electron chi connectivity index (χ0n) is 8.58. The maximum atomic E-state index is 5.47. The van der Waals surface area contributed by atoms with Crippen molar-refractivity contribution in [2.24, 2.45) is 0 Å². The topological polar surface area (TPSA) is 37.8 Å². The minimum absolute atomic E-state index is 0.0232. The molecule has 4 heteroatoms. The molecule has 14 heavy (non-hydrogen) atoms. The Hall–Kier alpha value is -0.920. The lowest BCUT2D eigenvalue weighted by Gasteiger charge is -2.10. The van der Waals surface area contributed by atoms with Gasteiger partial charge in [-0.25, -0.2) is 0 Å². The standard InChI is InChI=1S/C10H15N3S/c1-4-7-11-8(5-2)10-9(6-3)12-13-14-10/h2,8,11H,4,6-7H2,1,3H3. The minimum atomic E-state index is -0.0232. The van der Waals surface area contributed by atoms with E-state index in [0.717, 1.165) is 30.0 Å². The average Bonchev–Trinajstić information content (AvgIpc) is 2.67. The number of nitrogens with zero attached hydrogens (tertiary/aromatic N) is 2. The summed E-state index contributed by atoms with van der Waals surface area (Å²) < 4.78 is 3.93. The summed E-state index contributed by atoms with van der Waals surface area (Å²) in [5.41, 5.74) is 1.02. The van der Waals surface area contributed by atoms with Crippen molar-refractivity contribution in [1.29, 1.82) is 0 Å². The highest BCUT2D eigenvalue weighted by atomic mass is 32.1. The second-order valence-corrected chi connectivity index (χ2v) is 3.78. The summed E-state index contributed by atoms with van der Waals surface area (Å²) in [4.78, 5) is 1.09. The molecule has 1 atom stereocenters. The van der Waals surface area contributed by atoms with Gasteiger partial charge in [-0.05, 0) is 30.9 Å². The SMILES string of the molecule is C#CC(NCCC)c1snnc1CC. The number of aryl methyl sites for hydroxylation is 1. The van der Waals surface area contributed by atoms with Gasteiger partial charge in [0.1, 0.15) is 6.04 Å². The van der Waals surface area contributed by atoms with E-state index < -0.39 is 0 Å². The largest absolute Gasteiger partial charge is 0.299 e. The van der Waals surface area contributed by atoms with E-state index in [-0.39, 0.29) is 6.04 Å². The fourth-order valence-electron chi connectivity index (χ4n) is 1.20. The molecule has 0 saturated carbocycles. The Morgan fingerprint density at radius 1 is 1.57 bits per heavy atom. The van der Waals surface area contributed by atoms with Crippen molar-refractivity contribution in [3.63, 3.8) is 0 Å². The second-order valence-electron chi connectivity index (χ2n) is 2.99. The van der Waals surface area contributed by atoms with Gasteiger partial charge in [-0.3, -0.25) is 5.32 Å². The minimum Gasteiger partial charge on any atom is -0.299 e. The number of rotatable bonds is 5. The van der Waals surface area contributed by atoms with Gasteiger partial charge in [0, 0.05) is 0 Å². The first-order chi connectivity index (χ1) is 6.83. The van der Waals surface area contributed by atoms with Crippen LogP contribution in [0.4, 0.5) is 0 Å². The summed E-state index contributed by atoms with van der Waals surface area (Å²) >= 11 is 1.39. The van der Waals surface area contributed by atoms with Crippen LogP contribution in [0.25, 0.3) is 0 Å². The summed E-state index contributed by atoms with van der Waals surface area (Å²) in [7, 11) is 0. The molecule has 0 aliphatic heterocycles. The normalized spacial score (nSPS) is 12.4. The van der Waals surface area contributed by atoms with Gasteiger partial charge in [-0.2, -0.15) is 0 Å². The van der Waals surface area contributed by atoms with Crippen molar-refractivity contribution < 1.29 is 0 Å². The highest BCUT2D eigenvalue weighted by molar-refractivity contribution is 7.05. The maximum absolute atomic E-state index is 5.47. The van der Waals surface area contributed by atoms with Crippen molar-refractivity contribution in [2.45, 2.75) is 32.7 Å². The smallest absolute Gasteiger partial charge is 0.107 e. The van der Waals surface area contributed by atoms with Gasteiger partial charge in [0.2, 0.25) is 0 Å². The Labute approximate surface area is 89.1 Å². The molecular weight excluding hydrogens is 194 g/mol. The van der Waals surface area contributed by atoms with E-state index in [1.165, 1.54) is 11.5 Å². The molecule has 0 bridgehead atoms. The molecule has 1 N–H and O–H groups in total. The van der Waals surface area contributed by atoms with Gasteiger partial charge in [0.25, 0.3) is 0 Å². The fraction of sp³-hybridized carbons (Fsp3) is 0.600. The van der Waals surface area contributed by atoms with E-state index in [9.17, 15) is 0 Å². The first kappa shape index (κ1) is 11.2. The summed E-state index contributed by atoms with van der Waals surface area (Å²) in [5.74, 6) is 2.73. The van der Waals surface area contributed by atoms with Gasteiger partial charge in [0.05, 0.1) is 10.6 Å². The molecule has 0 fully saturated rings. The van der Waals surface area contributed by atoms with Crippen LogP contribution >= 0.6 is 11.5 Å². The van der Waals surface area contributed by atoms with E-state index >= 15 is 0 Å². The molecule has 1 aromatic heterocycles. The number of nitrogens with one attached hydrogen (secondary N) is 1. The lowest BCUT2D eigenvalue weighted by molar-refractivity contribution is 0.628. The van der Waals surface area contributed by atoms with E-state index in [4.69, 9.17) is 6.42 Å². The monoisotopic (exact) mass is 209 g/mol. The van der Waals surface area contributed by atoms with Gasteiger partial charge in [-0.15, -0.1) is 11.5 Å². The lowest BCUT2D eigenvalue weighted by Crippen LogP contribution is -2.20. The number of hydrogen-bond acceptors (Lipinski definition) is 4. The maximum Gasteiger partial charge on any atom is 0.107 e. The van der Waals surface area contributed by atoms with Crippen LogP contribution in [0.15, 0.2) is 0 Å². The summed E-state index contributed by atoms with van der Waals surface area (Å²) in [6, 6.07) is -0.0232.